The molecule has 98 valence electrons. The third-order valence-corrected chi connectivity index (χ3v) is 3.34. The Bertz CT molecular complexity index is 296. The van der Waals surface area contributed by atoms with E-state index in [9.17, 15) is 9.59 Å². The molecule has 0 atom stereocenters. The Balaban J connectivity index is 2.50. The van der Waals surface area contributed by atoms with Crippen LogP contribution in [0.3, 0.4) is 0 Å². The zero-order chi connectivity index (χ0) is 13.1. The molecule has 1 aliphatic rings. The molecule has 1 aliphatic heterocycles. The van der Waals surface area contributed by atoms with Gasteiger partial charge >= 0.3 is 0 Å². The molecule has 0 aromatic rings. The Hall–Kier alpha value is -1.10. The number of likely N-dealkylation sites (tertiary alicyclic amines) is 1. The molecule has 1 rings (SSSR count). The topological polar surface area (TPSA) is 52.7 Å². The normalized spacial score (nSPS) is 16.1. The molecule has 0 unspecified atom stereocenters. The second-order valence-corrected chi connectivity index (χ2v) is 5.12. The van der Waals surface area contributed by atoms with E-state index in [2.05, 4.69) is 5.32 Å². The molecule has 0 saturated carbocycles. The van der Waals surface area contributed by atoms with Gasteiger partial charge in [0.15, 0.2) is 0 Å². The van der Waals surface area contributed by atoms with Crippen LogP contribution in [0.5, 0.6) is 0 Å². The Labute approximate surface area is 103 Å². The van der Waals surface area contributed by atoms with E-state index in [0.29, 0.717) is 0 Å². The molecule has 5 heteroatoms. The van der Waals surface area contributed by atoms with E-state index in [0.717, 1.165) is 25.9 Å². The molecule has 0 bridgehead atoms. The number of nitrogens with one attached hydrogen (secondary N) is 1. The lowest BCUT2D eigenvalue weighted by Gasteiger charge is -2.29. The average molecular weight is 241 g/mol. The van der Waals surface area contributed by atoms with Crippen molar-refractivity contribution in [1.29, 1.82) is 0 Å². The number of likely N-dealkylation sites (N-methyl/N-ethyl adjacent to an activating group) is 2. The second kappa shape index (κ2) is 5.49. The number of carbonyl (C=O) groups is 2. The maximum Gasteiger partial charge on any atom is 0.242 e. The van der Waals surface area contributed by atoms with Crippen LogP contribution in [0.15, 0.2) is 0 Å². The van der Waals surface area contributed by atoms with Gasteiger partial charge < -0.3 is 15.1 Å². The molecule has 1 saturated heterocycles. The molecule has 1 fully saturated rings. The van der Waals surface area contributed by atoms with Crippen LogP contribution in [-0.4, -0.2) is 60.9 Å². The molecule has 0 aliphatic carbocycles. The summed E-state index contributed by atoms with van der Waals surface area (Å²) < 4.78 is 0. The maximum atomic E-state index is 12.0. The van der Waals surface area contributed by atoms with Crippen molar-refractivity contribution in [1.82, 2.24) is 15.1 Å². The van der Waals surface area contributed by atoms with Crippen LogP contribution in [0.2, 0.25) is 0 Å². The van der Waals surface area contributed by atoms with Gasteiger partial charge in [-0.15, -0.1) is 0 Å². The first-order chi connectivity index (χ1) is 7.88. The van der Waals surface area contributed by atoms with Crippen molar-refractivity contribution in [3.8, 4) is 0 Å². The maximum absolute atomic E-state index is 12.0. The molecular weight excluding hydrogens is 218 g/mol. The van der Waals surface area contributed by atoms with Gasteiger partial charge in [0.2, 0.25) is 11.8 Å². The van der Waals surface area contributed by atoms with Gasteiger partial charge in [-0.3, -0.25) is 9.59 Å². The summed E-state index contributed by atoms with van der Waals surface area (Å²) in [6, 6.07) is 0. The minimum Gasteiger partial charge on any atom is -0.341 e. The van der Waals surface area contributed by atoms with E-state index in [1.807, 2.05) is 18.7 Å². The predicted octanol–water partition coefficient (Wildman–Crippen LogP) is 0.0652. The van der Waals surface area contributed by atoms with Crippen LogP contribution in [-0.2, 0) is 9.59 Å². The van der Waals surface area contributed by atoms with Crippen molar-refractivity contribution in [3.05, 3.63) is 0 Å². The Kier molecular flexibility index (Phi) is 4.51. The first kappa shape index (κ1) is 14.0. The van der Waals surface area contributed by atoms with E-state index < -0.39 is 5.54 Å². The van der Waals surface area contributed by atoms with E-state index in [4.69, 9.17) is 0 Å². The number of hydrogen-bond donors (Lipinski definition) is 1. The number of rotatable bonds is 4. The summed E-state index contributed by atoms with van der Waals surface area (Å²) in [7, 11) is 3.42. The number of amides is 2. The molecule has 1 heterocycles. The lowest BCUT2D eigenvalue weighted by molar-refractivity contribution is -0.142. The summed E-state index contributed by atoms with van der Waals surface area (Å²) in [5.41, 5.74) is -0.625. The summed E-state index contributed by atoms with van der Waals surface area (Å²) in [5.74, 6) is -0.0159. The number of carbonyl (C=O) groups excluding carboxylic acids is 2. The fourth-order valence-corrected chi connectivity index (χ4v) is 1.93. The lowest BCUT2D eigenvalue weighted by Crippen LogP contribution is -2.53. The molecular formula is C12H23N3O2. The molecule has 17 heavy (non-hydrogen) atoms. The fraction of sp³-hybridized carbons (Fsp3) is 0.833. The van der Waals surface area contributed by atoms with Crippen molar-refractivity contribution < 1.29 is 9.59 Å². The van der Waals surface area contributed by atoms with E-state index in [1.54, 1.807) is 14.1 Å². The summed E-state index contributed by atoms with van der Waals surface area (Å²) in [5, 5.41) is 2.95. The van der Waals surface area contributed by atoms with Crippen LogP contribution in [0.25, 0.3) is 0 Å². The second-order valence-electron chi connectivity index (χ2n) is 5.12. The van der Waals surface area contributed by atoms with Gasteiger partial charge in [-0.25, -0.2) is 0 Å². The Morgan fingerprint density at radius 3 is 2.29 bits per heavy atom. The minimum absolute atomic E-state index is 0.0465. The lowest BCUT2D eigenvalue weighted by atomic mass is 10.0. The van der Waals surface area contributed by atoms with E-state index in [-0.39, 0.29) is 18.4 Å². The summed E-state index contributed by atoms with van der Waals surface area (Å²) in [6.45, 7) is 5.45. The van der Waals surface area contributed by atoms with Crippen LogP contribution in [0, 0.1) is 0 Å². The van der Waals surface area contributed by atoms with Gasteiger partial charge in [0, 0.05) is 20.1 Å². The molecule has 0 aromatic heterocycles. The van der Waals surface area contributed by atoms with Gasteiger partial charge in [-0.2, -0.15) is 0 Å². The highest BCUT2D eigenvalue weighted by Gasteiger charge is 2.30. The Morgan fingerprint density at radius 2 is 1.82 bits per heavy atom. The quantitative estimate of drug-likeness (QED) is 0.757. The third-order valence-electron chi connectivity index (χ3n) is 3.34. The molecule has 5 nitrogen and oxygen atoms in total. The van der Waals surface area contributed by atoms with Gasteiger partial charge in [0.1, 0.15) is 0 Å². The van der Waals surface area contributed by atoms with Gasteiger partial charge in [0.25, 0.3) is 0 Å². The third kappa shape index (κ3) is 3.43. The summed E-state index contributed by atoms with van der Waals surface area (Å²) in [4.78, 5) is 27.3. The van der Waals surface area contributed by atoms with Crippen molar-refractivity contribution in [2.45, 2.75) is 32.2 Å². The smallest absolute Gasteiger partial charge is 0.242 e. The van der Waals surface area contributed by atoms with Gasteiger partial charge in [-0.05, 0) is 33.7 Å². The molecule has 0 aromatic carbocycles. The van der Waals surface area contributed by atoms with Crippen molar-refractivity contribution in [3.63, 3.8) is 0 Å². The fourth-order valence-electron chi connectivity index (χ4n) is 1.93. The first-order valence-electron chi connectivity index (χ1n) is 6.10. The highest BCUT2D eigenvalue weighted by atomic mass is 16.2. The van der Waals surface area contributed by atoms with E-state index in [1.165, 1.54) is 4.90 Å². The van der Waals surface area contributed by atoms with Crippen LogP contribution in [0.1, 0.15) is 26.7 Å². The molecule has 0 radical (unpaired) electrons. The zero-order valence-corrected chi connectivity index (χ0v) is 11.2. The number of nitrogens with zero attached hydrogens (tertiary/aromatic N) is 2. The summed E-state index contributed by atoms with van der Waals surface area (Å²) >= 11 is 0. The van der Waals surface area contributed by atoms with Crippen molar-refractivity contribution in [2.75, 3.05) is 33.7 Å². The van der Waals surface area contributed by atoms with Crippen molar-refractivity contribution >= 4 is 11.8 Å². The van der Waals surface area contributed by atoms with Gasteiger partial charge in [0.05, 0.1) is 12.1 Å². The van der Waals surface area contributed by atoms with Gasteiger partial charge in [-0.1, -0.05) is 0 Å². The standard InChI is InChI=1S/C12H23N3O2/c1-12(2,13-3)11(17)14(4)9-10(16)15-7-5-6-8-15/h13H,5-9H2,1-4H3. The highest BCUT2D eigenvalue weighted by molar-refractivity contribution is 5.89. The van der Waals surface area contributed by atoms with Crippen LogP contribution < -0.4 is 5.32 Å². The highest BCUT2D eigenvalue weighted by Crippen LogP contribution is 2.10. The molecule has 0 spiro atoms. The van der Waals surface area contributed by atoms with E-state index >= 15 is 0 Å². The molecule has 1 N–H and O–H groups in total. The Morgan fingerprint density at radius 1 is 1.29 bits per heavy atom. The minimum atomic E-state index is -0.625. The van der Waals surface area contributed by atoms with Crippen LogP contribution >= 0.6 is 0 Å². The van der Waals surface area contributed by atoms with Crippen molar-refractivity contribution in [2.24, 2.45) is 0 Å². The SMILES string of the molecule is CNC(C)(C)C(=O)N(C)CC(=O)N1CCCC1. The predicted molar refractivity (Wildman–Crippen MR) is 66.6 cm³/mol. The largest absolute Gasteiger partial charge is 0.341 e. The average Bonchev–Trinajstić information content (AvgIpc) is 2.81. The summed E-state index contributed by atoms with van der Waals surface area (Å²) in [6.07, 6.45) is 2.15. The zero-order valence-electron chi connectivity index (χ0n) is 11.2. The number of hydrogen-bond acceptors (Lipinski definition) is 3. The molecule has 2 amide bonds. The monoisotopic (exact) mass is 241 g/mol. The first-order valence-corrected chi connectivity index (χ1v) is 6.10. The van der Waals surface area contributed by atoms with Crippen LogP contribution in [0.4, 0.5) is 0 Å².